The van der Waals surface area contributed by atoms with Crippen molar-refractivity contribution >= 4 is 0 Å². The minimum Gasteiger partial charge on any atom is -0.396 e. The van der Waals surface area contributed by atoms with Crippen LogP contribution in [-0.4, -0.2) is 38.5 Å². The van der Waals surface area contributed by atoms with Gasteiger partial charge in [-0.25, -0.2) is 4.68 Å². The summed E-state index contributed by atoms with van der Waals surface area (Å²) < 4.78 is 1.62. The van der Waals surface area contributed by atoms with Gasteiger partial charge in [-0.3, -0.25) is 0 Å². The van der Waals surface area contributed by atoms with Crippen LogP contribution >= 0.6 is 0 Å². The molecule has 1 aromatic heterocycles. The van der Waals surface area contributed by atoms with E-state index in [4.69, 9.17) is 5.11 Å². The van der Waals surface area contributed by atoms with Crippen molar-refractivity contribution in [3.8, 4) is 5.69 Å². The number of benzene rings is 1. The van der Waals surface area contributed by atoms with E-state index in [-0.39, 0.29) is 12.6 Å². The smallest absolute Gasteiger partial charge is 0.143 e. The summed E-state index contributed by atoms with van der Waals surface area (Å²) in [4.78, 5) is 0. The molecule has 0 aliphatic carbocycles. The van der Waals surface area contributed by atoms with E-state index in [9.17, 15) is 0 Å². The molecule has 0 aliphatic heterocycles. The predicted octanol–water partition coefficient (Wildman–Crippen LogP) is 0.695. The van der Waals surface area contributed by atoms with Gasteiger partial charge in [0.25, 0.3) is 0 Å². The van der Waals surface area contributed by atoms with Crippen LogP contribution in [0.5, 0.6) is 0 Å². The molecule has 1 unspecified atom stereocenters. The summed E-state index contributed by atoms with van der Waals surface area (Å²) in [5.41, 5.74) is 2.14. The largest absolute Gasteiger partial charge is 0.396 e. The van der Waals surface area contributed by atoms with E-state index >= 15 is 0 Å². The molecule has 2 aromatic rings. The molecule has 0 saturated carbocycles. The Morgan fingerprint density at radius 2 is 2.11 bits per heavy atom. The summed E-state index contributed by atoms with van der Waals surface area (Å²) >= 11 is 0. The summed E-state index contributed by atoms with van der Waals surface area (Å²) in [6.07, 6.45) is 2.34. The molecule has 6 heteroatoms. The standard InChI is InChI=1S/C12H17N5O/c1-10(13-7-2-8-18)11-3-5-12(6-4-11)17-9-14-15-16-17/h3-6,9-10,13,18H,2,7-8H2,1H3. The van der Waals surface area contributed by atoms with Crippen molar-refractivity contribution in [2.45, 2.75) is 19.4 Å². The monoisotopic (exact) mass is 247 g/mol. The van der Waals surface area contributed by atoms with Gasteiger partial charge < -0.3 is 10.4 Å². The Labute approximate surface area is 106 Å². The highest BCUT2D eigenvalue weighted by atomic mass is 16.3. The summed E-state index contributed by atoms with van der Waals surface area (Å²) in [6.45, 7) is 3.13. The third kappa shape index (κ3) is 3.12. The van der Waals surface area contributed by atoms with Gasteiger partial charge in [0.15, 0.2) is 0 Å². The summed E-state index contributed by atoms with van der Waals surface area (Å²) in [7, 11) is 0. The van der Waals surface area contributed by atoms with Crippen molar-refractivity contribution in [1.82, 2.24) is 25.5 Å². The van der Waals surface area contributed by atoms with Crippen LogP contribution in [0.4, 0.5) is 0 Å². The predicted molar refractivity (Wildman–Crippen MR) is 67.3 cm³/mol. The molecule has 1 atom stereocenters. The van der Waals surface area contributed by atoms with E-state index in [1.165, 1.54) is 5.56 Å². The second-order valence-electron chi connectivity index (χ2n) is 4.10. The molecule has 18 heavy (non-hydrogen) atoms. The minimum absolute atomic E-state index is 0.220. The van der Waals surface area contributed by atoms with Crippen LogP contribution in [0, 0.1) is 0 Å². The average molecular weight is 247 g/mol. The van der Waals surface area contributed by atoms with Crippen LogP contribution in [0.25, 0.3) is 5.69 Å². The fourth-order valence-electron chi connectivity index (χ4n) is 1.71. The Hall–Kier alpha value is -1.79. The van der Waals surface area contributed by atoms with E-state index in [0.717, 1.165) is 18.7 Å². The fourth-order valence-corrected chi connectivity index (χ4v) is 1.71. The van der Waals surface area contributed by atoms with Crippen LogP contribution < -0.4 is 5.32 Å². The quantitative estimate of drug-likeness (QED) is 0.735. The number of nitrogens with one attached hydrogen (secondary N) is 1. The zero-order valence-corrected chi connectivity index (χ0v) is 10.3. The average Bonchev–Trinajstić information content (AvgIpc) is 2.93. The molecule has 0 aliphatic rings. The normalized spacial score (nSPS) is 12.6. The van der Waals surface area contributed by atoms with E-state index in [0.29, 0.717) is 0 Å². The van der Waals surface area contributed by atoms with Crippen molar-refractivity contribution in [2.75, 3.05) is 13.2 Å². The number of aromatic nitrogens is 4. The number of hydrogen-bond donors (Lipinski definition) is 2. The van der Waals surface area contributed by atoms with Crippen LogP contribution in [0.1, 0.15) is 24.9 Å². The Balaban J connectivity index is 1.99. The number of aliphatic hydroxyl groups is 1. The van der Waals surface area contributed by atoms with Gasteiger partial charge in [-0.1, -0.05) is 12.1 Å². The number of rotatable bonds is 6. The molecule has 0 fully saturated rings. The third-order valence-corrected chi connectivity index (χ3v) is 2.79. The molecule has 96 valence electrons. The molecule has 1 aromatic carbocycles. The molecule has 0 saturated heterocycles. The van der Waals surface area contributed by atoms with Crippen molar-refractivity contribution in [1.29, 1.82) is 0 Å². The number of nitrogens with zero attached hydrogens (tertiary/aromatic N) is 4. The maximum atomic E-state index is 8.73. The highest BCUT2D eigenvalue weighted by Crippen LogP contribution is 2.14. The molecule has 2 N–H and O–H groups in total. The minimum atomic E-state index is 0.220. The van der Waals surface area contributed by atoms with Gasteiger partial charge >= 0.3 is 0 Å². The first-order chi connectivity index (χ1) is 8.81. The lowest BCUT2D eigenvalue weighted by Crippen LogP contribution is -2.20. The molecule has 0 bridgehead atoms. The Morgan fingerprint density at radius 1 is 1.33 bits per heavy atom. The molecule has 0 amide bonds. The highest BCUT2D eigenvalue weighted by Gasteiger charge is 2.05. The van der Waals surface area contributed by atoms with Gasteiger partial charge in [-0.15, -0.1) is 5.10 Å². The third-order valence-electron chi connectivity index (χ3n) is 2.79. The first-order valence-corrected chi connectivity index (χ1v) is 5.99. The summed E-state index contributed by atoms with van der Waals surface area (Å²) in [5.74, 6) is 0. The van der Waals surface area contributed by atoms with Gasteiger partial charge in [0, 0.05) is 12.6 Å². The number of aliphatic hydroxyl groups excluding tert-OH is 1. The molecular weight excluding hydrogens is 230 g/mol. The van der Waals surface area contributed by atoms with E-state index in [1.54, 1.807) is 11.0 Å². The van der Waals surface area contributed by atoms with Crippen LogP contribution in [0.15, 0.2) is 30.6 Å². The van der Waals surface area contributed by atoms with Gasteiger partial charge in [-0.05, 0) is 48.0 Å². The van der Waals surface area contributed by atoms with Crippen molar-refractivity contribution < 1.29 is 5.11 Å². The lowest BCUT2D eigenvalue weighted by atomic mass is 10.1. The second kappa shape index (κ2) is 6.23. The molecule has 6 nitrogen and oxygen atoms in total. The van der Waals surface area contributed by atoms with Gasteiger partial charge in [0.05, 0.1) is 5.69 Å². The number of hydrogen-bond acceptors (Lipinski definition) is 5. The maximum Gasteiger partial charge on any atom is 0.143 e. The lowest BCUT2D eigenvalue weighted by molar-refractivity contribution is 0.284. The second-order valence-corrected chi connectivity index (χ2v) is 4.10. The molecule has 0 radical (unpaired) electrons. The van der Waals surface area contributed by atoms with Gasteiger partial charge in [0.1, 0.15) is 6.33 Å². The first kappa shape index (κ1) is 12.7. The van der Waals surface area contributed by atoms with Crippen LogP contribution in [0.2, 0.25) is 0 Å². The summed E-state index contributed by atoms with van der Waals surface area (Å²) in [5, 5.41) is 23.1. The molecular formula is C12H17N5O. The highest BCUT2D eigenvalue weighted by molar-refractivity contribution is 5.34. The van der Waals surface area contributed by atoms with E-state index < -0.39 is 0 Å². The lowest BCUT2D eigenvalue weighted by Gasteiger charge is -2.14. The van der Waals surface area contributed by atoms with Crippen LogP contribution in [0.3, 0.4) is 0 Å². The molecule has 1 heterocycles. The Bertz CT molecular complexity index is 454. The van der Waals surface area contributed by atoms with Crippen molar-refractivity contribution in [3.63, 3.8) is 0 Å². The van der Waals surface area contributed by atoms with Crippen molar-refractivity contribution in [2.24, 2.45) is 0 Å². The zero-order chi connectivity index (χ0) is 12.8. The SMILES string of the molecule is CC(NCCCO)c1ccc(-n2cnnn2)cc1. The first-order valence-electron chi connectivity index (χ1n) is 5.99. The topological polar surface area (TPSA) is 75.9 Å². The maximum absolute atomic E-state index is 8.73. The van der Waals surface area contributed by atoms with Gasteiger partial charge in [0.2, 0.25) is 0 Å². The number of tetrazole rings is 1. The Morgan fingerprint density at radius 3 is 2.72 bits per heavy atom. The zero-order valence-electron chi connectivity index (χ0n) is 10.3. The van der Waals surface area contributed by atoms with E-state index in [2.05, 4.69) is 27.8 Å². The molecule has 2 rings (SSSR count). The summed E-state index contributed by atoms with van der Waals surface area (Å²) in [6, 6.07) is 8.33. The van der Waals surface area contributed by atoms with Crippen molar-refractivity contribution in [3.05, 3.63) is 36.2 Å². The fraction of sp³-hybridized carbons (Fsp3) is 0.417. The van der Waals surface area contributed by atoms with Crippen LogP contribution in [-0.2, 0) is 0 Å². The Kier molecular flexibility index (Phi) is 4.38. The van der Waals surface area contributed by atoms with Gasteiger partial charge in [-0.2, -0.15) is 0 Å². The molecule has 0 spiro atoms. The van der Waals surface area contributed by atoms with E-state index in [1.807, 2.05) is 24.3 Å².